The second kappa shape index (κ2) is 9.14. The maximum absolute atomic E-state index is 14.5. The van der Waals surface area contributed by atoms with Gasteiger partial charge in [0.15, 0.2) is 0 Å². The first-order valence-corrected chi connectivity index (χ1v) is 9.06. The zero-order valence-corrected chi connectivity index (χ0v) is 16.4. The number of rotatable bonds is 6. The Kier molecular flexibility index (Phi) is 6.38. The minimum atomic E-state index is -0.538. The quantitative estimate of drug-likeness (QED) is 0.562. The number of hydrogen-bond donors (Lipinski definition) is 0. The molecule has 0 aliphatic rings. The number of aryl methyl sites for hydroxylation is 1. The van der Waals surface area contributed by atoms with Crippen molar-refractivity contribution in [3.05, 3.63) is 82.4 Å². The normalized spacial score (nSPS) is 10.4. The Morgan fingerprint density at radius 3 is 2.57 bits per heavy atom. The highest BCUT2D eigenvalue weighted by Crippen LogP contribution is 2.27. The van der Waals surface area contributed by atoms with Gasteiger partial charge in [-0.05, 0) is 42.3 Å². The van der Waals surface area contributed by atoms with E-state index in [2.05, 4.69) is 9.72 Å². The molecule has 0 unspecified atom stereocenters. The predicted molar refractivity (Wildman–Crippen MR) is 106 cm³/mol. The molecule has 1 aromatic heterocycles. The summed E-state index contributed by atoms with van der Waals surface area (Å²) in [6.45, 7) is 1.72. The summed E-state index contributed by atoms with van der Waals surface area (Å²) >= 11 is 0. The summed E-state index contributed by atoms with van der Waals surface area (Å²) in [5, 5.41) is 8.81. The second-order valence-corrected chi connectivity index (χ2v) is 6.58. The number of nitrogens with zero attached hydrogens (tertiary/aromatic N) is 2. The molecule has 3 rings (SSSR count). The van der Waals surface area contributed by atoms with Crippen molar-refractivity contribution < 1.29 is 23.0 Å². The summed E-state index contributed by atoms with van der Waals surface area (Å²) in [7, 11) is 1.25. The molecule has 5 nitrogen and oxygen atoms in total. The van der Waals surface area contributed by atoms with Crippen LogP contribution in [-0.4, -0.2) is 18.1 Å². The van der Waals surface area contributed by atoms with Gasteiger partial charge in [-0.25, -0.2) is 13.8 Å². The summed E-state index contributed by atoms with van der Waals surface area (Å²) in [5.74, 6) is -1.35. The van der Waals surface area contributed by atoms with E-state index in [-0.39, 0.29) is 35.6 Å². The van der Waals surface area contributed by atoms with Crippen LogP contribution in [0.3, 0.4) is 0 Å². The molecule has 0 spiro atoms. The van der Waals surface area contributed by atoms with Crippen LogP contribution in [-0.2, 0) is 22.6 Å². The number of ether oxygens (including phenoxy) is 2. The lowest BCUT2D eigenvalue weighted by atomic mass is 10.00. The van der Waals surface area contributed by atoms with Crippen molar-refractivity contribution in [3.8, 4) is 23.2 Å². The molecule has 0 aliphatic heterocycles. The summed E-state index contributed by atoms with van der Waals surface area (Å²) in [5.41, 5.74) is 2.52. The molecule has 0 amide bonds. The fraction of sp³-hybridized carbons (Fsp3) is 0.174. The van der Waals surface area contributed by atoms with Gasteiger partial charge in [-0.2, -0.15) is 5.26 Å². The van der Waals surface area contributed by atoms with E-state index in [1.807, 2.05) is 6.07 Å². The maximum Gasteiger partial charge on any atom is 0.310 e. The van der Waals surface area contributed by atoms with Crippen LogP contribution in [0.2, 0.25) is 0 Å². The molecule has 0 aliphatic carbocycles. The Bertz CT molecular complexity index is 1140. The van der Waals surface area contributed by atoms with Gasteiger partial charge in [0.05, 0.1) is 30.9 Å². The largest absolute Gasteiger partial charge is 0.473 e. The molecule has 0 radical (unpaired) electrons. The average molecular weight is 408 g/mol. The van der Waals surface area contributed by atoms with Crippen molar-refractivity contribution in [2.24, 2.45) is 0 Å². The van der Waals surface area contributed by atoms with E-state index in [0.717, 1.165) is 11.6 Å². The number of aromatic nitrogens is 1. The molecule has 3 aromatic rings. The molecule has 7 heteroatoms. The molecule has 0 atom stereocenters. The third-order valence-corrected chi connectivity index (χ3v) is 4.51. The number of nitriles is 1. The van der Waals surface area contributed by atoms with Crippen LogP contribution >= 0.6 is 0 Å². The van der Waals surface area contributed by atoms with Gasteiger partial charge in [0.25, 0.3) is 0 Å². The average Bonchev–Trinajstić information content (AvgIpc) is 2.75. The number of carbonyl (C=O) groups is 1. The van der Waals surface area contributed by atoms with Gasteiger partial charge in [-0.15, -0.1) is 0 Å². The lowest BCUT2D eigenvalue weighted by Gasteiger charge is -2.11. The highest BCUT2D eigenvalue weighted by molar-refractivity contribution is 5.73. The van der Waals surface area contributed by atoms with Crippen LogP contribution in [0.25, 0.3) is 11.3 Å². The molecular weight excluding hydrogens is 390 g/mol. The van der Waals surface area contributed by atoms with E-state index in [4.69, 9.17) is 10.00 Å². The second-order valence-electron chi connectivity index (χ2n) is 6.58. The van der Waals surface area contributed by atoms with Crippen LogP contribution in [0.15, 0.2) is 48.5 Å². The van der Waals surface area contributed by atoms with Crippen molar-refractivity contribution in [2.45, 2.75) is 20.0 Å². The molecular formula is C23H18F2N2O3. The van der Waals surface area contributed by atoms with Gasteiger partial charge in [-0.3, -0.25) is 4.79 Å². The minimum Gasteiger partial charge on any atom is -0.473 e. The summed E-state index contributed by atoms with van der Waals surface area (Å²) in [6, 6.07) is 13.9. The summed E-state index contributed by atoms with van der Waals surface area (Å²) in [4.78, 5) is 15.8. The Hall–Kier alpha value is -3.79. The van der Waals surface area contributed by atoms with Gasteiger partial charge in [-0.1, -0.05) is 18.2 Å². The Labute approximate surface area is 172 Å². The van der Waals surface area contributed by atoms with E-state index >= 15 is 0 Å². The molecule has 0 saturated carbocycles. The molecule has 0 bridgehead atoms. The zero-order chi connectivity index (χ0) is 21.7. The molecule has 0 saturated heterocycles. The molecule has 2 aromatic carbocycles. The van der Waals surface area contributed by atoms with Crippen LogP contribution in [0.5, 0.6) is 5.88 Å². The number of hydrogen-bond acceptors (Lipinski definition) is 5. The minimum absolute atomic E-state index is 0.0700. The monoisotopic (exact) mass is 408 g/mol. The standard InChI is InChI=1S/C23H18F2N2O3/c1-14-8-17(10-23(28)29-2)20(25)11-18(14)21-4-3-5-22(27-21)30-13-16-7-6-15(12-26)9-19(16)24/h3-9,11H,10,13H2,1-2H3. The molecule has 0 fully saturated rings. The number of methoxy groups -OCH3 is 1. The SMILES string of the molecule is COC(=O)Cc1cc(C)c(-c2cccc(OCc3ccc(C#N)cc3F)n2)cc1F. The smallest absolute Gasteiger partial charge is 0.310 e. The van der Waals surface area contributed by atoms with E-state index in [1.54, 1.807) is 31.2 Å². The zero-order valence-electron chi connectivity index (χ0n) is 16.4. The first-order valence-electron chi connectivity index (χ1n) is 9.06. The molecule has 152 valence electrons. The summed E-state index contributed by atoms with van der Waals surface area (Å²) in [6.07, 6.45) is -0.157. The first-order chi connectivity index (χ1) is 14.4. The van der Waals surface area contributed by atoms with Gasteiger partial charge >= 0.3 is 5.97 Å². The first kappa shape index (κ1) is 20.9. The van der Waals surface area contributed by atoms with Crippen LogP contribution in [0.1, 0.15) is 22.3 Å². The Morgan fingerprint density at radius 1 is 1.10 bits per heavy atom. The fourth-order valence-corrected chi connectivity index (χ4v) is 2.91. The topological polar surface area (TPSA) is 72.2 Å². The van der Waals surface area contributed by atoms with E-state index < -0.39 is 17.6 Å². The summed E-state index contributed by atoms with van der Waals surface area (Å²) < 4.78 is 38.6. The van der Waals surface area contributed by atoms with E-state index in [9.17, 15) is 13.6 Å². The van der Waals surface area contributed by atoms with Crippen LogP contribution < -0.4 is 4.74 Å². The van der Waals surface area contributed by atoms with Crippen molar-refractivity contribution in [1.29, 1.82) is 5.26 Å². The third kappa shape index (κ3) is 4.78. The maximum atomic E-state index is 14.5. The van der Waals surface area contributed by atoms with E-state index in [0.29, 0.717) is 11.3 Å². The lowest BCUT2D eigenvalue weighted by molar-refractivity contribution is -0.139. The van der Waals surface area contributed by atoms with Crippen LogP contribution in [0, 0.1) is 29.9 Å². The molecule has 1 heterocycles. The predicted octanol–water partition coefficient (Wildman–Crippen LogP) is 4.50. The molecule has 0 N–H and O–H groups in total. The Balaban J connectivity index is 1.81. The third-order valence-electron chi connectivity index (χ3n) is 4.51. The number of esters is 1. The Morgan fingerprint density at radius 2 is 1.87 bits per heavy atom. The fourth-order valence-electron chi connectivity index (χ4n) is 2.91. The number of benzene rings is 2. The number of pyridine rings is 1. The highest BCUT2D eigenvalue weighted by atomic mass is 19.1. The van der Waals surface area contributed by atoms with Gasteiger partial charge in [0.2, 0.25) is 5.88 Å². The molecule has 30 heavy (non-hydrogen) atoms. The van der Waals surface area contributed by atoms with Crippen molar-refractivity contribution in [1.82, 2.24) is 4.98 Å². The van der Waals surface area contributed by atoms with Crippen LogP contribution in [0.4, 0.5) is 8.78 Å². The van der Waals surface area contributed by atoms with Crippen molar-refractivity contribution >= 4 is 5.97 Å². The van der Waals surface area contributed by atoms with Crippen molar-refractivity contribution in [2.75, 3.05) is 7.11 Å². The number of halogens is 2. The van der Waals surface area contributed by atoms with E-state index in [1.165, 1.54) is 25.3 Å². The van der Waals surface area contributed by atoms with Gasteiger partial charge < -0.3 is 9.47 Å². The van der Waals surface area contributed by atoms with Gasteiger partial charge in [0.1, 0.15) is 18.2 Å². The van der Waals surface area contributed by atoms with Gasteiger partial charge in [0, 0.05) is 17.2 Å². The van der Waals surface area contributed by atoms with Crippen molar-refractivity contribution in [3.63, 3.8) is 0 Å². The lowest BCUT2D eigenvalue weighted by Crippen LogP contribution is -2.07. The number of carbonyl (C=O) groups excluding carboxylic acids is 1. The highest BCUT2D eigenvalue weighted by Gasteiger charge is 2.14.